The van der Waals surface area contributed by atoms with Crippen LogP contribution in [0, 0.1) is 0 Å². The molecular weight excluding hydrogens is 208 g/mol. The zero-order valence-corrected chi connectivity index (χ0v) is 9.05. The minimum absolute atomic E-state index is 0.223. The first-order valence-electron chi connectivity index (χ1n) is 5.07. The van der Waals surface area contributed by atoms with E-state index in [2.05, 4.69) is 0 Å². The van der Waals surface area contributed by atoms with Gasteiger partial charge in [-0.1, -0.05) is 6.07 Å². The van der Waals surface area contributed by atoms with Crippen LogP contribution in [0.2, 0.25) is 0 Å². The highest BCUT2D eigenvalue weighted by Gasteiger charge is 2.31. The molecule has 5 nitrogen and oxygen atoms in total. The summed E-state index contributed by atoms with van der Waals surface area (Å²) in [6, 6.07) is 7.28. The first kappa shape index (κ1) is 10.8. The molecule has 1 amide bonds. The predicted octanol–water partition coefficient (Wildman–Crippen LogP) is 0.979. The molecule has 1 aromatic carbocycles. The highest BCUT2D eigenvalue weighted by Crippen LogP contribution is 2.24. The molecule has 1 aliphatic rings. The third-order valence-corrected chi connectivity index (χ3v) is 2.50. The van der Waals surface area contributed by atoms with E-state index >= 15 is 0 Å². The number of carbonyl (C=O) groups excluding carboxylic acids is 1. The lowest BCUT2D eigenvalue weighted by Gasteiger charge is -2.13. The van der Waals surface area contributed by atoms with E-state index in [-0.39, 0.29) is 12.2 Å². The second-order valence-corrected chi connectivity index (χ2v) is 3.55. The molecule has 0 unspecified atom stereocenters. The Labute approximate surface area is 93.7 Å². The Kier molecular flexibility index (Phi) is 2.96. The second-order valence-electron chi connectivity index (χ2n) is 3.55. The van der Waals surface area contributed by atoms with Crippen LogP contribution in [0.3, 0.4) is 0 Å². The molecule has 0 saturated carbocycles. The van der Waals surface area contributed by atoms with Gasteiger partial charge in [-0.25, -0.2) is 4.79 Å². The quantitative estimate of drug-likeness (QED) is 0.828. The lowest BCUT2D eigenvalue weighted by molar-refractivity contribution is 0.145. The maximum absolute atomic E-state index is 11.6. The normalized spacial score (nSPS) is 19.8. The molecule has 1 heterocycles. The Morgan fingerprint density at radius 3 is 3.06 bits per heavy atom. The van der Waals surface area contributed by atoms with Crippen molar-refractivity contribution in [3.05, 3.63) is 24.3 Å². The third-order valence-electron chi connectivity index (χ3n) is 2.50. The summed E-state index contributed by atoms with van der Waals surface area (Å²) in [4.78, 5) is 13.1. The topological polar surface area (TPSA) is 64.8 Å². The van der Waals surface area contributed by atoms with E-state index in [1.807, 2.05) is 18.2 Å². The van der Waals surface area contributed by atoms with Crippen LogP contribution >= 0.6 is 0 Å². The van der Waals surface area contributed by atoms with E-state index in [0.717, 1.165) is 5.69 Å². The Morgan fingerprint density at radius 1 is 1.62 bits per heavy atom. The fraction of sp³-hybridized carbons (Fsp3) is 0.364. The van der Waals surface area contributed by atoms with E-state index in [0.29, 0.717) is 18.8 Å². The number of nitrogens with zero attached hydrogens (tertiary/aromatic N) is 1. The largest absolute Gasteiger partial charge is 0.497 e. The van der Waals surface area contributed by atoms with Crippen LogP contribution in [0.25, 0.3) is 0 Å². The average molecular weight is 222 g/mol. The van der Waals surface area contributed by atoms with Crippen molar-refractivity contribution in [1.82, 2.24) is 0 Å². The SMILES string of the molecule is COc1cccc(N2C[C@H](CN)OC2=O)c1. The molecule has 0 spiro atoms. The van der Waals surface area contributed by atoms with Crippen LogP contribution in [0.15, 0.2) is 24.3 Å². The molecular formula is C11H14N2O3. The van der Waals surface area contributed by atoms with Gasteiger partial charge in [-0.05, 0) is 12.1 Å². The summed E-state index contributed by atoms with van der Waals surface area (Å²) in [6.45, 7) is 0.828. The standard InChI is InChI=1S/C11H14N2O3/c1-15-9-4-2-3-8(5-9)13-7-10(6-12)16-11(13)14/h2-5,10H,6-7,12H2,1H3/t10-/m0/s1. The van der Waals surface area contributed by atoms with Crippen LogP contribution in [0.1, 0.15) is 0 Å². The molecule has 0 radical (unpaired) electrons. The molecule has 2 N–H and O–H groups in total. The molecule has 1 aromatic rings. The van der Waals surface area contributed by atoms with Gasteiger partial charge in [0.2, 0.25) is 0 Å². The number of amides is 1. The number of anilines is 1. The fourth-order valence-electron chi connectivity index (χ4n) is 1.63. The number of cyclic esters (lactones) is 1. The second kappa shape index (κ2) is 4.40. The summed E-state index contributed by atoms with van der Waals surface area (Å²) in [5.41, 5.74) is 6.23. The molecule has 1 aliphatic heterocycles. The van der Waals surface area contributed by atoms with Crippen LogP contribution in [-0.4, -0.2) is 32.4 Å². The maximum atomic E-state index is 11.6. The summed E-state index contributed by atoms with van der Waals surface area (Å²) in [6.07, 6.45) is -0.581. The van der Waals surface area contributed by atoms with Crippen molar-refractivity contribution in [3.8, 4) is 5.75 Å². The van der Waals surface area contributed by atoms with Crippen molar-refractivity contribution < 1.29 is 14.3 Å². The molecule has 0 bridgehead atoms. The highest BCUT2D eigenvalue weighted by atomic mass is 16.6. The molecule has 86 valence electrons. The Balaban J connectivity index is 2.20. The number of rotatable bonds is 3. The van der Waals surface area contributed by atoms with E-state index < -0.39 is 0 Å². The van der Waals surface area contributed by atoms with Gasteiger partial charge >= 0.3 is 6.09 Å². The van der Waals surface area contributed by atoms with Gasteiger partial charge in [-0.3, -0.25) is 4.90 Å². The summed E-state index contributed by atoms with van der Waals surface area (Å²) >= 11 is 0. The summed E-state index contributed by atoms with van der Waals surface area (Å²) < 4.78 is 10.2. The molecule has 1 fully saturated rings. The van der Waals surface area contributed by atoms with Crippen LogP contribution in [0.5, 0.6) is 5.75 Å². The van der Waals surface area contributed by atoms with Crippen molar-refractivity contribution in [1.29, 1.82) is 0 Å². The zero-order chi connectivity index (χ0) is 11.5. The first-order chi connectivity index (χ1) is 7.74. The number of hydrogen-bond donors (Lipinski definition) is 1. The maximum Gasteiger partial charge on any atom is 0.414 e. The van der Waals surface area contributed by atoms with Gasteiger partial charge in [0.25, 0.3) is 0 Å². The molecule has 1 saturated heterocycles. The number of ether oxygens (including phenoxy) is 2. The lowest BCUT2D eigenvalue weighted by atomic mass is 10.2. The molecule has 0 aliphatic carbocycles. The van der Waals surface area contributed by atoms with Crippen molar-refractivity contribution >= 4 is 11.8 Å². The Bertz CT molecular complexity index is 395. The molecule has 0 aromatic heterocycles. The van der Waals surface area contributed by atoms with Gasteiger partial charge in [0, 0.05) is 12.6 Å². The van der Waals surface area contributed by atoms with Gasteiger partial charge < -0.3 is 15.2 Å². The van der Waals surface area contributed by atoms with Crippen molar-refractivity contribution in [2.45, 2.75) is 6.10 Å². The van der Waals surface area contributed by atoms with Gasteiger partial charge in [0.05, 0.1) is 19.3 Å². The van der Waals surface area contributed by atoms with E-state index in [9.17, 15) is 4.79 Å². The van der Waals surface area contributed by atoms with Crippen molar-refractivity contribution in [3.63, 3.8) is 0 Å². The lowest BCUT2D eigenvalue weighted by Crippen LogP contribution is -2.27. The third kappa shape index (κ3) is 1.94. The number of carbonyl (C=O) groups is 1. The van der Waals surface area contributed by atoms with Gasteiger partial charge in [0.15, 0.2) is 0 Å². The molecule has 1 atom stereocenters. The highest BCUT2D eigenvalue weighted by molar-refractivity contribution is 5.89. The number of methoxy groups -OCH3 is 1. The van der Waals surface area contributed by atoms with Gasteiger partial charge in [0.1, 0.15) is 11.9 Å². The predicted molar refractivity (Wildman–Crippen MR) is 59.7 cm³/mol. The molecule has 5 heteroatoms. The van der Waals surface area contributed by atoms with Gasteiger partial charge in [-0.15, -0.1) is 0 Å². The Morgan fingerprint density at radius 2 is 2.44 bits per heavy atom. The van der Waals surface area contributed by atoms with Crippen molar-refractivity contribution in [2.24, 2.45) is 5.73 Å². The minimum Gasteiger partial charge on any atom is -0.497 e. The van der Waals surface area contributed by atoms with E-state index in [1.165, 1.54) is 0 Å². The van der Waals surface area contributed by atoms with E-state index in [1.54, 1.807) is 18.1 Å². The summed E-state index contributed by atoms with van der Waals surface area (Å²) in [7, 11) is 1.59. The van der Waals surface area contributed by atoms with Crippen molar-refractivity contribution in [2.75, 3.05) is 25.1 Å². The fourth-order valence-corrected chi connectivity index (χ4v) is 1.63. The molecule has 16 heavy (non-hydrogen) atoms. The smallest absolute Gasteiger partial charge is 0.414 e. The number of hydrogen-bond acceptors (Lipinski definition) is 4. The monoisotopic (exact) mass is 222 g/mol. The van der Waals surface area contributed by atoms with Crippen LogP contribution < -0.4 is 15.4 Å². The van der Waals surface area contributed by atoms with Crippen LogP contribution in [0.4, 0.5) is 10.5 Å². The van der Waals surface area contributed by atoms with Crippen LogP contribution in [-0.2, 0) is 4.74 Å². The summed E-state index contributed by atoms with van der Waals surface area (Å²) in [5, 5.41) is 0. The zero-order valence-electron chi connectivity index (χ0n) is 9.05. The Hall–Kier alpha value is -1.75. The minimum atomic E-state index is -0.358. The number of nitrogens with two attached hydrogens (primary N) is 1. The van der Waals surface area contributed by atoms with E-state index in [4.69, 9.17) is 15.2 Å². The first-order valence-corrected chi connectivity index (χ1v) is 5.07. The summed E-state index contributed by atoms with van der Waals surface area (Å²) in [5.74, 6) is 0.710. The number of benzene rings is 1. The average Bonchev–Trinajstić information content (AvgIpc) is 2.71. The molecule has 2 rings (SSSR count). The van der Waals surface area contributed by atoms with Gasteiger partial charge in [-0.2, -0.15) is 0 Å².